The van der Waals surface area contributed by atoms with E-state index in [0.717, 1.165) is 12.1 Å². The lowest BCUT2D eigenvalue weighted by Crippen LogP contribution is -2.29. The van der Waals surface area contributed by atoms with E-state index >= 15 is 0 Å². The highest BCUT2D eigenvalue weighted by atomic mass is 19.2. The predicted octanol–water partition coefficient (Wildman–Crippen LogP) is 2.96. The normalized spacial score (nSPS) is 19.2. The topological polar surface area (TPSA) is 61.2 Å². The number of likely N-dealkylation sites (N-methyl/N-ethyl adjacent to an activating group) is 1. The van der Waals surface area contributed by atoms with Crippen molar-refractivity contribution in [1.82, 2.24) is 4.90 Å². The van der Waals surface area contributed by atoms with E-state index < -0.39 is 47.4 Å². The molecule has 1 fully saturated rings. The van der Waals surface area contributed by atoms with Crippen LogP contribution < -0.4 is 0 Å². The molecule has 1 aliphatic heterocycles. The predicted molar refractivity (Wildman–Crippen MR) is 90.1 cm³/mol. The van der Waals surface area contributed by atoms with Crippen LogP contribution in [-0.2, 0) is 16.0 Å². The monoisotopic (exact) mass is 372 g/mol. The van der Waals surface area contributed by atoms with Gasteiger partial charge in [-0.05, 0) is 29.3 Å². The summed E-state index contributed by atoms with van der Waals surface area (Å²) in [6, 6.07) is 9.17. The molecule has 27 heavy (non-hydrogen) atoms. The van der Waals surface area contributed by atoms with Crippen LogP contribution in [0.15, 0.2) is 36.4 Å². The van der Waals surface area contributed by atoms with E-state index in [0.29, 0.717) is 5.56 Å². The Morgan fingerprint density at radius 3 is 2.63 bits per heavy atom. The number of nitriles is 1. The summed E-state index contributed by atoms with van der Waals surface area (Å²) in [6.45, 7) is 0.187. The first-order chi connectivity index (χ1) is 12.8. The Labute approximate surface area is 153 Å². The molecule has 1 aliphatic rings. The van der Waals surface area contributed by atoms with Crippen molar-refractivity contribution >= 4 is 11.7 Å². The molecular weight excluding hydrogens is 357 g/mol. The van der Waals surface area contributed by atoms with Gasteiger partial charge in [-0.15, -0.1) is 0 Å². The van der Waals surface area contributed by atoms with Gasteiger partial charge in [-0.2, -0.15) is 5.26 Å². The Hall–Kier alpha value is -3.14. The summed E-state index contributed by atoms with van der Waals surface area (Å²) in [5.41, 5.74) is 0.135. The van der Waals surface area contributed by atoms with Crippen molar-refractivity contribution in [3.63, 3.8) is 0 Å². The van der Waals surface area contributed by atoms with Crippen molar-refractivity contribution in [3.05, 3.63) is 70.5 Å². The smallest absolute Gasteiger partial charge is 0.233 e. The van der Waals surface area contributed by atoms with Crippen LogP contribution in [0.3, 0.4) is 0 Å². The van der Waals surface area contributed by atoms with Gasteiger partial charge in [-0.25, -0.2) is 13.2 Å². The Kier molecular flexibility index (Phi) is 5.00. The van der Waals surface area contributed by atoms with Gasteiger partial charge < -0.3 is 4.90 Å². The van der Waals surface area contributed by atoms with Gasteiger partial charge in [0.2, 0.25) is 5.91 Å². The lowest BCUT2D eigenvalue weighted by molar-refractivity contribution is -0.136. The molecule has 2 aromatic carbocycles. The van der Waals surface area contributed by atoms with E-state index in [1.54, 1.807) is 6.07 Å². The molecule has 1 heterocycles. The number of benzene rings is 2. The second kappa shape index (κ2) is 7.23. The van der Waals surface area contributed by atoms with Gasteiger partial charge in [-0.3, -0.25) is 9.59 Å². The van der Waals surface area contributed by atoms with Crippen LogP contribution in [0.4, 0.5) is 13.2 Å². The van der Waals surface area contributed by atoms with Crippen molar-refractivity contribution in [2.24, 2.45) is 5.92 Å². The average Bonchev–Trinajstić information content (AvgIpc) is 2.94. The zero-order valence-corrected chi connectivity index (χ0v) is 14.4. The third-order valence-corrected chi connectivity index (χ3v) is 4.80. The molecule has 0 spiro atoms. The molecule has 3 rings (SSSR count). The highest BCUT2D eigenvalue weighted by Gasteiger charge is 2.44. The molecule has 1 amide bonds. The standard InChI is InChI=1S/C20H15F3N2O2/c1-25-10-14(11-5-6-13(9-24)16(22)7-11)18(20(25)27)17(26)8-12-3-2-4-15(21)19(12)23/h2-7,14,18H,8,10H2,1H3/t14-,18+/m1/s1. The first-order valence-electron chi connectivity index (χ1n) is 8.23. The number of ketones is 1. The van der Waals surface area contributed by atoms with E-state index in [9.17, 15) is 22.8 Å². The number of hydrogen-bond acceptors (Lipinski definition) is 3. The van der Waals surface area contributed by atoms with E-state index in [1.807, 2.05) is 0 Å². The molecule has 0 aliphatic carbocycles. The van der Waals surface area contributed by atoms with Gasteiger partial charge in [0.05, 0.1) is 5.56 Å². The number of carbonyl (C=O) groups excluding carboxylic acids is 2. The highest BCUT2D eigenvalue weighted by molar-refractivity contribution is 6.04. The first-order valence-corrected chi connectivity index (χ1v) is 8.23. The van der Waals surface area contributed by atoms with Crippen molar-refractivity contribution in [2.45, 2.75) is 12.3 Å². The number of Topliss-reactive ketones (excluding diaryl/α,β-unsaturated/α-hetero) is 1. The lowest BCUT2D eigenvalue weighted by Gasteiger charge is -2.17. The summed E-state index contributed by atoms with van der Waals surface area (Å²) in [4.78, 5) is 26.6. The second-order valence-electron chi connectivity index (χ2n) is 6.51. The number of carbonyl (C=O) groups is 2. The number of hydrogen-bond donors (Lipinski definition) is 0. The number of nitrogens with zero attached hydrogens (tertiary/aromatic N) is 2. The van der Waals surface area contributed by atoms with E-state index in [-0.39, 0.29) is 17.7 Å². The van der Waals surface area contributed by atoms with Crippen molar-refractivity contribution in [1.29, 1.82) is 5.26 Å². The van der Waals surface area contributed by atoms with Crippen LogP contribution in [0.2, 0.25) is 0 Å². The molecule has 2 aromatic rings. The minimum absolute atomic E-state index is 0.132. The Morgan fingerprint density at radius 1 is 1.22 bits per heavy atom. The fourth-order valence-electron chi connectivity index (χ4n) is 3.40. The van der Waals surface area contributed by atoms with Gasteiger partial charge in [0, 0.05) is 25.9 Å². The molecule has 0 saturated carbocycles. The maximum Gasteiger partial charge on any atom is 0.233 e. The summed E-state index contributed by atoms with van der Waals surface area (Å²) in [5, 5.41) is 8.84. The van der Waals surface area contributed by atoms with Crippen molar-refractivity contribution in [2.75, 3.05) is 13.6 Å². The van der Waals surface area contributed by atoms with E-state index in [4.69, 9.17) is 5.26 Å². The van der Waals surface area contributed by atoms with Crippen LogP contribution in [-0.4, -0.2) is 30.2 Å². The molecule has 0 aromatic heterocycles. The third kappa shape index (κ3) is 3.43. The number of halogens is 3. The van der Waals surface area contributed by atoms with Crippen LogP contribution in [0.25, 0.3) is 0 Å². The Morgan fingerprint density at radius 2 is 1.96 bits per heavy atom. The number of rotatable bonds is 4. The second-order valence-corrected chi connectivity index (χ2v) is 6.51. The van der Waals surface area contributed by atoms with Crippen molar-refractivity contribution in [3.8, 4) is 6.07 Å². The number of amides is 1. The molecule has 0 unspecified atom stereocenters. The van der Waals surface area contributed by atoms with Gasteiger partial charge >= 0.3 is 0 Å². The maximum absolute atomic E-state index is 14.0. The Bertz CT molecular complexity index is 968. The van der Waals surface area contributed by atoms with Gasteiger partial charge in [0.15, 0.2) is 11.6 Å². The molecular formula is C20H15F3N2O2. The molecule has 2 atom stereocenters. The fourth-order valence-corrected chi connectivity index (χ4v) is 3.40. The minimum atomic E-state index is -1.12. The largest absolute Gasteiger partial charge is 0.344 e. The van der Waals surface area contributed by atoms with Crippen LogP contribution >= 0.6 is 0 Å². The maximum atomic E-state index is 14.0. The molecule has 0 bridgehead atoms. The van der Waals surface area contributed by atoms with Crippen molar-refractivity contribution < 1.29 is 22.8 Å². The van der Waals surface area contributed by atoms with Crippen LogP contribution in [0.1, 0.15) is 22.6 Å². The Balaban J connectivity index is 1.92. The van der Waals surface area contributed by atoms with Gasteiger partial charge in [0.1, 0.15) is 23.6 Å². The molecule has 0 N–H and O–H groups in total. The van der Waals surface area contributed by atoms with Crippen LogP contribution in [0, 0.1) is 34.7 Å². The SMILES string of the molecule is CN1C[C@H](c2ccc(C#N)c(F)c2)[C@@H](C(=O)Cc2cccc(F)c2F)C1=O. The molecule has 138 valence electrons. The highest BCUT2D eigenvalue weighted by Crippen LogP contribution is 2.35. The summed E-state index contributed by atoms with van der Waals surface area (Å²) < 4.78 is 41.2. The zero-order chi connectivity index (χ0) is 19.7. The molecule has 1 saturated heterocycles. The quantitative estimate of drug-likeness (QED) is 0.776. The first kappa shape index (κ1) is 18.6. The average molecular weight is 372 g/mol. The summed E-state index contributed by atoms with van der Waals surface area (Å²) in [6.07, 6.45) is -0.441. The summed E-state index contributed by atoms with van der Waals surface area (Å²) in [5.74, 6) is -5.69. The molecule has 7 heteroatoms. The lowest BCUT2D eigenvalue weighted by atomic mass is 9.83. The van der Waals surface area contributed by atoms with Gasteiger partial charge in [-0.1, -0.05) is 18.2 Å². The zero-order valence-electron chi connectivity index (χ0n) is 14.4. The van der Waals surface area contributed by atoms with E-state index in [2.05, 4.69) is 0 Å². The number of likely N-dealkylation sites (tertiary alicyclic amines) is 1. The molecule has 0 radical (unpaired) electrons. The third-order valence-electron chi connectivity index (χ3n) is 4.80. The summed E-state index contributed by atoms with van der Waals surface area (Å²) in [7, 11) is 1.52. The van der Waals surface area contributed by atoms with E-state index in [1.165, 1.54) is 36.2 Å². The van der Waals surface area contributed by atoms with Gasteiger partial charge in [0.25, 0.3) is 0 Å². The summed E-state index contributed by atoms with van der Waals surface area (Å²) >= 11 is 0. The molecule has 4 nitrogen and oxygen atoms in total. The minimum Gasteiger partial charge on any atom is -0.344 e. The van der Waals surface area contributed by atoms with Crippen LogP contribution in [0.5, 0.6) is 0 Å². The fraction of sp³-hybridized carbons (Fsp3) is 0.250.